The summed E-state index contributed by atoms with van der Waals surface area (Å²) in [6.45, 7) is -0.616. The summed E-state index contributed by atoms with van der Waals surface area (Å²) < 4.78 is 4.74. The molecule has 1 aromatic carbocycles. The van der Waals surface area contributed by atoms with E-state index in [0.717, 1.165) is 5.56 Å². The van der Waals surface area contributed by atoms with Crippen molar-refractivity contribution in [3.8, 4) is 0 Å². The average molecular weight is 314 g/mol. The quantitative estimate of drug-likeness (QED) is 0.750. The van der Waals surface area contributed by atoms with E-state index < -0.39 is 24.4 Å². The number of hydrogen-bond donors (Lipinski definition) is 2. The molecule has 2 aromatic rings. The smallest absolute Gasteiger partial charge is 0.361 e. The number of rotatable bonds is 5. The lowest BCUT2D eigenvalue weighted by molar-refractivity contribution is -0.132. The predicted octanol–water partition coefficient (Wildman–Crippen LogP) is 0.101. The normalized spacial score (nSPS) is 9.91. The molecule has 3 N–H and O–H groups in total. The third-order valence-electron chi connectivity index (χ3n) is 2.74. The van der Waals surface area contributed by atoms with Gasteiger partial charge in [0.15, 0.2) is 18.1 Å². The molecule has 1 heterocycles. The number of esters is 1. The zero-order chi connectivity index (χ0) is 16.7. The lowest BCUT2D eigenvalue weighted by Crippen LogP contribution is -2.35. The molecule has 0 saturated carbocycles. The molecule has 23 heavy (non-hydrogen) atoms. The Balaban J connectivity index is 1.80. The van der Waals surface area contributed by atoms with Crippen molar-refractivity contribution in [3.05, 3.63) is 54.0 Å². The van der Waals surface area contributed by atoms with E-state index in [1.54, 1.807) is 24.3 Å². The summed E-state index contributed by atoms with van der Waals surface area (Å²) in [5, 5.41) is 2.13. The Labute approximate surface area is 131 Å². The van der Waals surface area contributed by atoms with E-state index in [1.165, 1.54) is 12.4 Å². The number of ether oxygens (including phenoxy) is 1. The van der Waals surface area contributed by atoms with Gasteiger partial charge in [-0.25, -0.2) is 14.8 Å². The van der Waals surface area contributed by atoms with Gasteiger partial charge in [-0.15, -0.1) is 0 Å². The number of benzene rings is 1. The van der Waals surface area contributed by atoms with Crippen LogP contribution in [0.4, 0.5) is 5.82 Å². The second-order valence-electron chi connectivity index (χ2n) is 4.50. The molecule has 0 aliphatic rings. The van der Waals surface area contributed by atoms with Gasteiger partial charge in [0, 0.05) is 12.4 Å². The highest BCUT2D eigenvalue weighted by Crippen LogP contribution is 2.04. The van der Waals surface area contributed by atoms with Crippen LogP contribution in [0, 0.1) is 0 Å². The van der Waals surface area contributed by atoms with Gasteiger partial charge in [0.1, 0.15) is 0 Å². The molecule has 0 spiro atoms. The van der Waals surface area contributed by atoms with E-state index >= 15 is 0 Å². The molecule has 0 radical (unpaired) electrons. The maximum absolute atomic E-state index is 11.7. The van der Waals surface area contributed by atoms with E-state index in [2.05, 4.69) is 15.3 Å². The van der Waals surface area contributed by atoms with Gasteiger partial charge in [-0.2, -0.15) is 0 Å². The minimum Gasteiger partial charge on any atom is -0.451 e. The van der Waals surface area contributed by atoms with E-state index in [0.29, 0.717) is 0 Å². The van der Waals surface area contributed by atoms with Crippen LogP contribution in [0.15, 0.2) is 42.7 Å². The molecule has 1 aromatic heterocycles. The largest absolute Gasteiger partial charge is 0.451 e. The van der Waals surface area contributed by atoms with Crippen molar-refractivity contribution < 1.29 is 19.1 Å². The van der Waals surface area contributed by atoms with Crippen LogP contribution < -0.4 is 11.1 Å². The molecule has 0 saturated heterocycles. The van der Waals surface area contributed by atoms with E-state index in [4.69, 9.17) is 10.5 Å². The molecular formula is C15H14N4O4. The van der Waals surface area contributed by atoms with E-state index in [9.17, 15) is 14.4 Å². The molecule has 8 heteroatoms. The molecule has 0 aliphatic carbocycles. The van der Waals surface area contributed by atoms with Gasteiger partial charge in [-0.3, -0.25) is 14.9 Å². The molecule has 2 amide bonds. The van der Waals surface area contributed by atoms with Gasteiger partial charge in [-0.1, -0.05) is 30.3 Å². The molecular weight excluding hydrogens is 300 g/mol. The number of hydrogen-bond acceptors (Lipinski definition) is 7. The van der Waals surface area contributed by atoms with Crippen LogP contribution in [0.1, 0.15) is 16.1 Å². The number of amides is 2. The standard InChI is InChI=1S/C15H14N4O4/c16-14-13(17-6-7-18-14)15(22)23-9-12(21)19-11(20)8-10-4-2-1-3-5-10/h1-7H,8-9H2,(H2,16,18)(H,19,20,21). The van der Waals surface area contributed by atoms with Gasteiger partial charge in [-0.05, 0) is 5.56 Å². The minimum absolute atomic E-state index is 0.0532. The summed E-state index contributed by atoms with van der Waals surface area (Å²) >= 11 is 0. The number of carbonyl (C=O) groups is 3. The zero-order valence-electron chi connectivity index (χ0n) is 12.1. The van der Waals surface area contributed by atoms with Gasteiger partial charge in [0.25, 0.3) is 5.91 Å². The minimum atomic E-state index is -0.888. The van der Waals surface area contributed by atoms with Crippen molar-refractivity contribution in [2.75, 3.05) is 12.3 Å². The fraction of sp³-hybridized carbons (Fsp3) is 0.133. The molecule has 0 bridgehead atoms. The number of aromatic nitrogens is 2. The molecule has 8 nitrogen and oxygen atoms in total. The molecule has 0 unspecified atom stereocenters. The van der Waals surface area contributed by atoms with Crippen molar-refractivity contribution in [3.63, 3.8) is 0 Å². The van der Waals surface area contributed by atoms with Crippen LogP contribution in [-0.4, -0.2) is 34.4 Å². The first kappa shape index (κ1) is 16.1. The van der Waals surface area contributed by atoms with Crippen LogP contribution in [0.2, 0.25) is 0 Å². The first-order chi connectivity index (χ1) is 11.1. The number of nitrogens with zero attached hydrogens (tertiary/aromatic N) is 2. The zero-order valence-corrected chi connectivity index (χ0v) is 12.1. The highest BCUT2D eigenvalue weighted by molar-refractivity contribution is 5.98. The predicted molar refractivity (Wildman–Crippen MR) is 80.0 cm³/mol. The van der Waals surface area contributed by atoms with Crippen molar-refractivity contribution in [2.24, 2.45) is 0 Å². The van der Waals surface area contributed by atoms with Crippen molar-refractivity contribution >= 4 is 23.6 Å². The van der Waals surface area contributed by atoms with Crippen LogP contribution >= 0.6 is 0 Å². The van der Waals surface area contributed by atoms with Gasteiger partial charge in [0.2, 0.25) is 5.91 Å². The Morgan fingerprint density at radius 1 is 1.04 bits per heavy atom. The van der Waals surface area contributed by atoms with E-state index in [1.807, 2.05) is 6.07 Å². The summed E-state index contributed by atoms with van der Waals surface area (Å²) in [6, 6.07) is 8.93. The lowest BCUT2D eigenvalue weighted by atomic mass is 10.1. The second-order valence-corrected chi connectivity index (χ2v) is 4.50. The number of carbonyl (C=O) groups excluding carboxylic acids is 3. The Morgan fingerprint density at radius 2 is 1.74 bits per heavy atom. The molecule has 118 valence electrons. The summed E-state index contributed by atoms with van der Waals surface area (Å²) in [5.74, 6) is -2.21. The van der Waals surface area contributed by atoms with Gasteiger partial charge < -0.3 is 10.5 Å². The third kappa shape index (κ3) is 4.88. The second kappa shape index (κ2) is 7.64. The number of nitrogens with two attached hydrogens (primary N) is 1. The van der Waals surface area contributed by atoms with Crippen molar-refractivity contribution in [1.29, 1.82) is 0 Å². The maximum atomic E-state index is 11.7. The van der Waals surface area contributed by atoms with E-state index in [-0.39, 0.29) is 17.9 Å². The fourth-order valence-corrected chi connectivity index (χ4v) is 1.72. The number of nitrogen functional groups attached to an aromatic ring is 1. The summed E-state index contributed by atoms with van der Waals surface area (Å²) in [6.07, 6.45) is 2.65. The Morgan fingerprint density at radius 3 is 2.43 bits per heavy atom. The van der Waals surface area contributed by atoms with Crippen LogP contribution in [0.3, 0.4) is 0 Å². The summed E-state index contributed by atoms with van der Waals surface area (Å²) in [7, 11) is 0. The first-order valence-corrected chi connectivity index (χ1v) is 6.66. The average Bonchev–Trinajstić information content (AvgIpc) is 2.54. The highest BCUT2D eigenvalue weighted by atomic mass is 16.5. The molecule has 0 fully saturated rings. The fourth-order valence-electron chi connectivity index (χ4n) is 1.72. The number of imide groups is 1. The molecule has 0 atom stereocenters. The lowest BCUT2D eigenvalue weighted by Gasteiger charge is -2.06. The number of anilines is 1. The third-order valence-corrected chi connectivity index (χ3v) is 2.74. The van der Waals surface area contributed by atoms with Crippen LogP contribution in [0.5, 0.6) is 0 Å². The SMILES string of the molecule is Nc1nccnc1C(=O)OCC(=O)NC(=O)Cc1ccccc1. The maximum Gasteiger partial charge on any atom is 0.361 e. The highest BCUT2D eigenvalue weighted by Gasteiger charge is 2.16. The van der Waals surface area contributed by atoms with Crippen LogP contribution in [0.25, 0.3) is 0 Å². The van der Waals surface area contributed by atoms with Crippen molar-refractivity contribution in [2.45, 2.75) is 6.42 Å². The number of nitrogens with one attached hydrogen (secondary N) is 1. The first-order valence-electron chi connectivity index (χ1n) is 6.66. The Bertz CT molecular complexity index is 718. The summed E-state index contributed by atoms with van der Waals surface area (Å²) in [5.41, 5.74) is 6.05. The molecule has 0 aliphatic heterocycles. The van der Waals surface area contributed by atoms with Gasteiger partial charge in [0.05, 0.1) is 6.42 Å². The van der Waals surface area contributed by atoms with Crippen LogP contribution in [-0.2, 0) is 20.7 Å². The summed E-state index contributed by atoms with van der Waals surface area (Å²) in [4.78, 5) is 42.3. The molecule has 2 rings (SSSR count). The Kier molecular flexibility index (Phi) is 5.35. The Hall–Kier alpha value is -3.29. The topological polar surface area (TPSA) is 124 Å². The van der Waals surface area contributed by atoms with Crippen molar-refractivity contribution in [1.82, 2.24) is 15.3 Å². The van der Waals surface area contributed by atoms with Gasteiger partial charge >= 0.3 is 5.97 Å². The monoisotopic (exact) mass is 314 g/mol.